The van der Waals surface area contributed by atoms with E-state index in [-0.39, 0.29) is 5.82 Å². The van der Waals surface area contributed by atoms with Gasteiger partial charge >= 0.3 is 0 Å². The molecule has 2 aromatic rings. The Hall–Kier alpha value is -1.76. The molecule has 1 aromatic heterocycles. The van der Waals surface area contributed by atoms with E-state index >= 15 is 0 Å². The van der Waals surface area contributed by atoms with Gasteiger partial charge in [-0.05, 0) is 36.1 Å². The van der Waals surface area contributed by atoms with E-state index in [2.05, 4.69) is 35.3 Å². The first kappa shape index (κ1) is 16.6. The number of aromatic nitrogens is 4. The Morgan fingerprint density at radius 2 is 1.86 bits per heavy atom. The second kappa shape index (κ2) is 5.79. The lowest BCUT2D eigenvalue weighted by Crippen LogP contribution is -2.29. The Morgan fingerprint density at radius 3 is 2.45 bits per heavy atom. The summed E-state index contributed by atoms with van der Waals surface area (Å²) in [6.45, 7) is 7.91. The highest BCUT2D eigenvalue weighted by molar-refractivity contribution is 7.91. The van der Waals surface area contributed by atoms with Gasteiger partial charge < -0.3 is 0 Å². The van der Waals surface area contributed by atoms with Crippen molar-refractivity contribution >= 4 is 9.84 Å². The molecule has 0 bridgehead atoms. The topological polar surface area (TPSA) is 77.7 Å². The smallest absolute Gasteiger partial charge is 0.195 e. The third kappa shape index (κ3) is 3.19. The summed E-state index contributed by atoms with van der Waals surface area (Å²) in [5.41, 5.74) is 2.34. The van der Waals surface area contributed by atoms with E-state index in [4.69, 9.17) is 0 Å². The number of rotatable bonds is 5. The molecular weight excluding hydrogens is 300 g/mol. The van der Waals surface area contributed by atoms with Crippen LogP contribution in [0.5, 0.6) is 0 Å². The van der Waals surface area contributed by atoms with E-state index in [0.29, 0.717) is 12.5 Å². The van der Waals surface area contributed by atoms with Gasteiger partial charge in [-0.25, -0.2) is 8.42 Å². The molecule has 1 heterocycles. The highest BCUT2D eigenvalue weighted by Gasteiger charge is 2.37. The third-order valence-corrected chi connectivity index (χ3v) is 5.94. The molecule has 0 aliphatic carbocycles. The lowest BCUT2D eigenvalue weighted by molar-refractivity contribution is 0.540. The molecule has 0 N–H and O–H groups in total. The van der Waals surface area contributed by atoms with Gasteiger partial charge in [0.15, 0.2) is 15.7 Å². The predicted octanol–water partition coefficient (Wildman–Crippen LogP) is 2.12. The van der Waals surface area contributed by atoms with Crippen molar-refractivity contribution in [2.24, 2.45) is 0 Å². The molecule has 0 saturated carbocycles. The van der Waals surface area contributed by atoms with Crippen LogP contribution in [-0.2, 0) is 21.1 Å². The van der Waals surface area contributed by atoms with Crippen LogP contribution in [0, 0.1) is 0 Å². The van der Waals surface area contributed by atoms with Crippen molar-refractivity contribution in [2.45, 2.75) is 44.9 Å². The first-order valence-corrected chi connectivity index (χ1v) is 9.07. The average Bonchev–Trinajstić information content (AvgIpc) is 2.87. The molecule has 0 aliphatic rings. The second-order valence-electron chi connectivity index (χ2n) is 6.28. The van der Waals surface area contributed by atoms with Crippen LogP contribution < -0.4 is 0 Å². The fourth-order valence-corrected chi connectivity index (χ4v) is 2.52. The summed E-state index contributed by atoms with van der Waals surface area (Å²) in [6.07, 6.45) is 1.18. The maximum atomic E-state index is 11.8. The minimum Gasteiger partial charge on any atom is -0.228 e. The number of tetrazole rings is 1. The van der Waals surface area contributed by atoms with E-state index in [9.17, 15) is 8.42 Å². The molecule has 2 rings (SSSR count). The number of hydrogen-bond acceptors (Lipinski definition) is 5. The fourth-order valence-electron chi connectivity index (χ4n) is 2.11. The minimum atomic E-state index is -3.31. The predicted molar refractivity (Wildman–Crippen MR) is 85.3 cm³/mol. The summed E-state index contributed by atoms with van der Waals surface area (Å²) in [4.78, 5) is 1.45. The zero-order valence-electron chi connectivity index (χ0n) is 13.6. The summed E-state index contributed by atoms with van der Waals surface area (Å²) in [5.74, 6) is 0.615. The monoisotopic (exact) mass is 322 g/mol. The van der Waals surface area contributed by atoms with Crippen molar-refractivity contribution in [3.8, 4) is 0 Å². The van der Waals surface area contributed by atoms with Gasteiger partial charge in [-0.15, -0.1) is 10.2 Å². The molecule has 0 amide bonds. The van der Waals surface area contributed by atoms with E-state index < -0.39 is 14.6 Å². The minimum absolute atomic E-state index is 0.219. The van der Waals surface area contributed by atoms with E-state index in [0.717, 1.165) is 5.56 Å². The molecule has 0 unspecified atom stereocenters. The zero-order chi connectivity index (χ0) is 16.5. The maximum Gasteiger partial charge on any atom is 0.195 e. The standard InChI is InChI=1S/C15H22N4O2S/c1-11(2)13-9-7-6-8-12(13)10-19-17-14(16-18-19)15(3,4)22(5,20)21/h6-9,11H,10H2,1-5H3. The normalized spacial score (nSPS) is 12.8. The third-order valence-electron chi connectivity index (χ3n) is 3.91. The van der Waals surface area contributed by atoms with Crippen LogP contribution >= 0.6 is 0 Å². The van der Waals surface area contributed by atoms with E-state index in [1.54, 1.807) is 13.8 Å². The summed E-state index contributed by atoms with van der Waals surface area (Å²) < 4.78 is 22.5. The molecule has 22 heavy (non-hydrogen) atoms. The summed E-state index contributed by atoms with van der Waals surface area (Å²) in [5, 5.41) is 12.2. The molecule has 1 aromatic carbocycles. The highest BCUT2D eigenvalue weighted by atomic mass is 32.2. The second-order valence-corrected chi connectivity index (χ2v) is 8.84. The largest absolute Gasteiger partial charge is 0.228 e. The van der Waals surface area contributed by atoms with E-state index in [1.165, 1.54) is 16.6 Å². The molecule has 0 saturated heterocycles. The zero-order valence-corrected chi connectivity index (χ0v) is 14.4. The Morgan fingerprint density at radius 1 is 1.23 bits per heavy atom. The van der Waals surface area contributed by atoms with Crippen LogP contribution in [-0.4, -0.2) is 34.9 Å². The number of hydrogen-bond donors (Lipinski definition) is 0. The lowest BCUT2D eigenvalue weighted by atomic mass is 9.97. The molecule has 0 radical (unpaired) electrons. The molecule has 6 nitrogen and oxygen atoms in total. The molecule has 0 spiro atoms. The summed E-state index contributed by atoms with van der Waals surface area (Å²) >= 11 is 0. The van der Waals surface area contributed by atoms with Crippen molar-refractivity contribution in [1.82, 2.24) is 20.2 Å². The SMILES string of the molecule is CC(C)c1ccccc1Cn1nnc(C(C)(C)S(C)(=O)=O)n1. The van der Waals surface area contributed by atoms with Gasteiger partial charge in [-0.2, -0.15) is 4.80 Å². The van der Waals surface area contributed by atoms with Crippen LogP contribution in [0.1, 0.15) is 50.6 Å². The average molecular weight is 322 g/mol. The van der Waals surface area contributed by atoms with Crippen molar-refractivity contribution in [3.63, 3.8) is 0 Å². The molecule has 0 aliphatic heterocycles. The van der Waals surface area contributed by atoms with Gasteiger partial charge in [0, 0.05) is 6.26 Å². The Balaban J connectivity index is 2.31. The van der Waals surface area contributed by atoms with Crippen LogP contribution in [0.4, 0.5) is 0 Å². The van der Waals surface area contributed by atoms with Gasteiger partial charge in [-0.3, -0.25) is 0 Å². The summed E-state index contributed by atoms with van der Waals surface area (Å²) in [7, 11) is -3.31. The lowest BCUT2D eigenvalue weighted by Gasteiger charge is -2.17. The highest BCUT2D eigenvalue weighted by Crippen LogP contribution is 2.25. The number of benzene rings is 1. The van der Waals surface area contributed by atoms with Crippen LogP contribution in [0.2, 0.25) is 0 Å². The Kier molecular flexibility index (Phi) is 4.37. The maximum absolute atomic E-state index is 11.8. The summed E-state index contributed by atoms with van der Waals surface area (Å²) in [6, 6.07) is 8.09. The molecule has 7 heteroatoms. The fraction of sp³-hybridized carbons (Fsp3) is 0.533. The van der Waals surface area contributed by atoms with Gasteiger partial charge in [0.25, 0.3) is 0 Å². The first-order chi connectivity index (χ1) is 10.1. The Bertz CT molecular complexity index is 763. The molecule has 0 atom stereocenters. The van der Waals surface area contributed by atoms with Crippen molar-refractivity contribution in [3.05, 3.63) is 41.2 Å². The molecule has 0 fully saturated rings. The van der Waals surface area contributed by atoms with Gasteiger partial charge in [0.05, 0.1) is 6.54 Å². The van der Waals surface area contributed by atoms with Crippen molar-refractivity contribution in [2.75, 3.05) is 6.26 Å². The number of sulfone groups is 1. The van der Waals surface area contributed by atoms with Crippen LogP contribution in [0.3, 0.4) is 0 Å². The van der Waals surface area contributed by atoms with Gasteiger partial charge in [-0.1, -0.05) is 38.1 Å². The van der Waals surface area contributed by atoms with Crippen molar-refractivity contribution in [1.29, 1.82) is 0 Å². The number of nitrogens with zero attached hydrogens (tertiary/aromatic N) is 4. The van der Waals surface area contributed by atoms with Gasteiger partial charge in [0.2, 0.25) is 0 Å². The van der Waals surface area contributed by atoms with Crippen LogP contribution in [0.15, 0.2) is 24.3 Å². The first-order valence-electron chi connectivity index (χ1n) is 7.18. The van der Waals surface area contributed by atoms with Crippen molar-refractivity contribution < 1.29 is 8.42 Å². The van der Waals surface area contributed by atoms with Crippen LogP contribution in [0.25, 0.3) is 0 Å². The molecule has 120 valence electrons. The van der Waals surface area contributed by atoms with E-state index in [1.807, 2.05) is 18.2 Å². The molecular formula is C15H22N4O2S. The Labute approximate surface area is 131 Å². The quantitative estimate of drug-likeness (QED) is 0.842. The van der Waals surface area contributed by atoms with Gasteiger partial charge in [0.1, 0.15) is 4.75 Å².